The van der Waals surface area contributed by atoms with Crippen LogP contribution in [0.5, 0.6) is 0 Å². The molecule has 0 aromatic carbocycles. The standard InChI is InChI=1S/C63H102O6/c1-4-7-10-13-16-19-22-25-28-30-31-33-36-39-42-45-48-51-54-57-63(66)69-60(58-67-61(64)55-52-49-46-43-40-37-34-27-24-21-18-15-12-9-6-3)59-68-62(65)56-53-50-47-44-41-38-35-32-29-26-23-20-17-14-11-8-5-2/h7-8,10-11,16-17,19-20,25-29,31,33-35,38-39,42,60H,4-6,9,12-15,18,21-24,30,32,36-37,40-41,43-59H2,1-3H3/b10-7-,11-8-,19-16-,20-17-,28-25-,29-26-,33-31-,34-27-,38-35-,42-39-/t60-/m0/s1. The largest absolute Gasteiger partial charge is 0.462 e. The van der Waals surface area contributed by atoms with Crippen molar-refractivity contribution in [1.82, 2.24) is 0 Å². The van der Waals surface area contributed by atoms with Gasteiger partial charge in [0.1, 0.15) is 13.2 Å². The molecule has 0 aromatic heterocycles. The van der Waals surface area contributed by atoms with Crippen molar-refractivity contribution in [2.24, 2.45) is 0 Å². The molecule has 0 N–H and O–H groups in total. The molecule has 69 heavy (non-hydrogen) atoms. The maximum absolute atomic E-state index is 12.8. The lowest BCUT2D eigenvalue weighted by Gasteiger charge is -2.18. The second-order valence-corrected chi connectivity index (χ2v) is 18.1. The van der Waals surface area contributed by atoms with E-state index in [1.807, 2.05) is 0 Å². The van der Waals surface area contributed by atoms with Crippen LogP contribution >= 0.6 is 0 Å². The predicted molar refractivity (Wildman–Crippen MR) is 297 cm³/mol. The van der Waals surface area contributed by atoms with Crippen LogP contribution < -0.4 is 0 Å². The van der Waals surface area contributed by atoms with Gasteiger partial charge in [-0.1, -0.05) is 213 Å². The van der Waals surface area contributed by atoms with Crippen molar-refractivity contribution >= 4 is 17.9 Å². The molecule has 0 rings (SSSR count). The van der Waals surface area contributed by atoms with Crippen LogP contribution in [0.2, 0.25) is 0 Å². The van der Waals surface area contributed by atoms with E-state index in [4.69, 9.17) is 14.2 Å². The number of unbranched alkanes of at least 4 members (excludes halogenated alkanes) is 18. The first-order valence-electron chi connectivity index (χ1n) is 28.0. The topological polar surface area (TPSA) is 78.9 Å². The molecule has 6 nitrogen and oxygen atoms in total. The lowest BCUT2D eigenvalue weighted by Crippen LogP contribution is -2.30. The lowest BCUT2D eigenvalue weighted by molar-refractivity contribution is -0.167. The monoisotopic (exact) mass is 955 g/mol. The maximum atomic E-state index is 12.8. The normalized spacial score (nSPS) is 13.0. The summed E-state index contributed by atoms with van der Waals surface area (Å²) in [5.74, 6) is -0.975. The Balaban J connectivity index is 4.53. The summed E-state index contributed by atoms with van der Waals surface area (Å²) in [6.45, 7) is 6.34. The van der Waals surface area contributed by atoms with Crippen LogP contribution in [0, 0.1) is 0 Å². The maximum Gasteiger partial charge on any atom is 0.306 e. The highest BCUT2D eigenvalue weighted by molar-refractivity contribution is 5.71. The van der Waals surface area contributed by atoms with Crippen LogP contribution in [-0.4, -0.2) is 37.2 Å². The third kappa shape index (κ3) is 54.6. The molecule has 0 saturated carbocycles. The summed E-state index contributed by atoms with van der Waals surface area (Å²) in [5.41, 5.74) is 0. The quantitative estimate of drug-likeness (QED) is 0.0262. The van der Waals surface area contributed by atoms with E-state index in [2.05, 4.69) is 142 Å². The molecule has 0 aliphatic carbocycles. The highest BCUT2D eigenvalue weighted by Crippen LogP contribution is 2.13. The van der Waals surface area contributed by atoms with Crippen molar-refractivity contribution in [3.8, 4) is 0 Å². The third-order valence-corrected chi connectivity index (χ3v) is 11.4. The van der Waals surface area contributed by atoms with E-state index >= 15 is 0 Å². The van der Waals surface area contributed by atoms with Gasteiger partial charge in [-0.05, 0) is 128 Å². The number of carbonyl (C=O) groups is 3. The molecule has 0 heterocycles. The zero-order valence-corrected chi connectivity index (χ0v) is 44.5. The average Bonchev–Trinajstić information content (AvgIpc) is 3.35. The summed E-state index contributed by atoms with van der Waals surface area (Å²) in [4.78, 5) is 38.1. The molecule has 0 saturated heterocycles. The molecule has 6 heteroatoms. The number of hydrogen-bond donors (Lipinski definition) is 0. The van der Waals surface area contributed by atoms with E-state index < -0.39 is 6.10 Å². The summed E-state index contributed by atoms with van der Waals surface area (Å²) in [5, 5.41) is 0. The number of esters is 3. The minimum absolute atomic E-state index is 0.107. The molecular weight excluding hydrogens is 853 g/mol. The number of allylic oxidation sites excluding steroid dienone is 20. The predicted octanol–water partition coefficient (Wildman–Crippen LogP) is 18.9. The van der Waals surface area contributed by atoms with E-state index in [0.717, 1.165) is 141 Å². The Labute approximate surface area is 424 Å². The first-order chi connectivity index (χ1) is 34.0. The lowest BCUT2D eigenvalue weighted by atomic mass is 10.1. The minimum atomic E-state index is -0.813. The van der Waals surface area contributed by atoms with Gasteiger partial charge < -0.3 is 14.2 Å². The molecule has 0 radical (unpaired) electrons. The highest BCUT2D eigenvalue weighted by Gasteiger charge is 2.19. The molecule has 0 amide bonds. The van der Waals surface area contributed by atoms with Crippen molar-refractivity contribution in [3.05, 3.63) is 122 Å². The van der Waals surface area contributed by atoms with Crippen molar-refractivity contribution in [3.63, 3.8) is 0 Å². The van der Waals surface area contributed by atoms with Crippen LogP contribution in [0.15, 0.2) is 122 Å². The van der Waals surface area contributed by atoms with Gasteiger partial charge in [-0.3, -0.25) is 14.4 Å². The molecule has 1 atom stereocenters. The molecule has 0 spiro atoms. The van der Waals surface area contributed by atoms with Gasteiger partial charge in [0.2, 0.25) is 0 Å². The van der Waals surface area contributed by atoms with Crippen molar-refractivity contribution in [2.75, 3.05) is 13.2 Å². The number of hydrogen-bond acceptors (Lipinski definition) is 6. The van der Waals surface area contributed by atoms with Gasteiger partial charge in [0, 0.05) is 19.3 Å². The van der Waals surface area contributed by atoms with Crippen LogP contribution in [-0.2, 0) is 28.6 Å². The third-order valence-electron chi connectivity index (χ3n) is 11.4. The van der Waals surface area contributed by atoms with E-state index in [1.54, 1.807) is 0 Å². The molecule has 0 aliphatic rings. The molecule has 390 valence electrons. The smallest absolute Gasteiger partial charge is 0.306 e. The van der Waals surface area contributed by atoms with Gasteiger partial charge in [-0.2, -0.15) is 0 Å². The second kappa shape index (κ2) is 56.4. The van der Waals surface area contributed by atoms with Crippen LogP contribution in [0.3, 0.4) is 0 Å². The molecule has 0 bridgehead atoms. The first-order valence-corrected chi connectivity index (χ1v) is 28.0. The van der Waals surface area contributed by atoms with Gasteiger partial charge in [-0.25, -0.2) is 0 Å². The molecular formula is C63H102O6. The van der Waals surface area contributed by atoms with Crippen LogP contribution in [0.1, 0.15) is 239 Å². The van der Waals surface area contributed by atoms with E-state index in [-0.39, 0.29) is 37.5 Å². The fourth-order valence-electron chi connectivity index (χ4n) is 7.28. The van der Waals surface area contributed by atoms with Crippen molar-refractivity contribution in [2.45, 2.75) is 245 Å². The van der Waals surface area contributed by atoms with Crippen molar-refractivity contribution in [1.29, 1.82) is 0 Å². The zero-order chi connectivity index (χ0) is 50.0. The Kier molecular flexibility index (Phi) is 53.0. The fourth-order valence-corrected chi connectivity index (χ4v) is 7.28. The Hall–Kier alpha value is -4.19. The van der Waals surface area contributed by atoms with E-state index in [1.165, 1.54) is 51.4 Å². The van der Waals surface area contributed by atoms with Gasteiger partial charge in [-0.15, -0.1) is 0 Å². The minimum Gasteiger partial charge on any atom is -0.462 e. The van der Waals surface area contributed by atoms with E-state index in [0.29, 0.717) is 19.3 Å². The molecule has 0 aromatic rings. The summed E-state index contributed by atoms with van der Waals surface area (Å²) >= 11 is 0. The average molecular weight is 956 g/mol. The first kappa shape index (κ1) is 64.8. The Morgan fingerprint density at radius 3 is 0.913 bits per heavy atom. The van der Waals surface area contributed by atoms with Gasteiger partial charge in [0.25, 0.3) is 0 Å². The molecule has 0 fully saturated rings. The fraction of sp³-hybridized carbons (Fsp3) is 0.635. The van der Waals surface area contributed by atoms with E-state index in [9.17, 15) is 14.4 Å². The van der Waals surface area contributed by atoms with Gasteiger partial charge >= 0.3 is 17.9 Å². The summed E-state index contributed by atoms with van der Waals surface area (Å²) in [7, 11) is 0. The zero-order valence-electron chi connectivity index (χ0n) is 44.5. The molecule has 0 unspecified atom stereocenters. The Bertz CT molecular complexity index is 1470. The summed E-state index contributed by atoms with van der Waals surface area (Å²) in [6.07, 6.45) is 77.5. The van der Waals surface area contributed by atoms with Gasteiger partial charge in [0.15, 0.2) is 6.10 Å². The van der Waals surface area contributed by atoms with Crippen molar-refractivity contribution < 1.29 is 28.6 Å². The number of ether oxygens (including phenoxy) is 3. The van der Waals surface area contributed by atoms with Crippen LogP contribution in [0.4, 0.5) is 0 Å². The van der Waals surface area contributed by atoms with Crippen LogP contribution in [0.25, 0.3) is 0 Å². The highest BCUT2D eigenvalue weighted by atomic mass is 16.6. The molecule has 0 aliphatic heterocycles. The Morgan fingerprint density at radius 1 is 0.304 bits per heavy atom. The number of carbonyl (C=O) groups excluding carboxylic acids is 3. The van der Waals surface area contributed by atoms with Gasteiger partial charge in [0.05, 0.1) is 0 Å². The summed E-state index contributed by atoms with van der Waals surface area (Å²) < 4.78 is 16.8. The summed E-state index contributed by atoms with van der Waals surface area (Å²) in [6, 6.07) is 0. The Morgan fingerprint density at radius 2 is 0.565 bits per heavy atom. The number of rotatable bonds is 49. The SMILES string of the molecule is CC/C=C\C/C=C\C/C=C\C/C=C\C/C=C\CCCCCC(=O)O[C@H](COC(=O)CCCCCC/C=C\C/C=C\C/C=C\C/C=C\CC)COC(=O)CCCCCCC/C=C\CCCCCCCC. The second-order valence-electron chi connectivity index (χ2n) is 18.1.